The first-order chi connectivity index (χ1) is 14.0. The van der Waals surface area contributed by atoms with Gasteiger partial charge in [-0.3, -0.25) is 4.79 Å². The molecule has 1 aromatic heterocycles. The normalized spacial score (nSPS) is 10.7. The molecule has 0 aliphatic carbocycles. The van der Waals surface area contributed by atoms with Gasteiger partial charge >= 0.3 is 0 Å². The lowest BCUT2D eigenvalue weighted by Gasteiger charge is -2.06. The molecule has 3 aromatic rings. The van der Waals surface area contributed by atoms with E-state index in [4.69, 9.17) is 27.9 Å². The molecule has 0 fully saturated rings. The van der Waals surface area contributed by atoms with Crippen molar-refractivity contribution in [3.05, 3.63) is 63.6 Å². The summed E-state index contributed by atoms with van der Waals surface area (Å²) >= 11 is 15.2. The number of halogens is 2. The van der Waals surface area contributed by atoms with Crippen molar-refractivity contribution in [1.82, 2.24) is 10.2 Å². The van der Waals surface area contributed by atoms with Crippen LogP contribution in [0.2, 0.25) is 10.0 Å². The van der Waals surface area contributed by atoms with Crippen LogP contribution in [0, 0.1) is 6.92 Å². The van der Waals surface area contributed by atoms with E-state index in [2.05, 4.69) is 15.5 Å². The standard InChI is InChI=1S/C20H19Cl2N3O2S2/c1-13-7-9-14(10-8-13)27-11-3-6-18(26)23-19-24-25-20(29-19)28-12-15-16(21)4-2-5-17(15)22/h2,4-5,7-10H,3,6,11-12H2,1H3,(H,23,24,26). The van der Waals surface area contributed by atoms with Crippen molar-refractivity contribution >= 4 is 57.3 Å². The number of aromatic nitrogens is 2. The van der Waals surface area contributed by atoms with Gasteiger partial charge in [-0.2, -0.15) is 0 Å². The van der Waals surface area contributed by atoms with Crippen LogP contribution in [0.25, 0.3) is 0 Å². The highest BCUT2D eigenvalue weighted by Gasteiger charge is 2.11. The molecular weight excluding hydrogens is 449 g/mol. The molecule has 0 saturated carbocycles. The van der Waals surface area contributed by atoms with Crippen molar-refractivity contribution in [3.63, 3.8) is 0 Å². The van der Waals surface area contributed by atoms with Gasteiger partial charge in [0.25, 0.3) is 0 Å². The quantitative estimate of drug-likeness (QED) is 0.229. The van der Waals surface area contributed by atoms with Gasteiger partial charge in [0.15, 0.2) is 4.34 Å². The molecule has 0 saturated heterocycles. The maximum atomic E-state index is 12.1. The van der Waals surface area contributed by atoms with E-state index < -0.39 is 0 Å². The topological polar surface area (TPSA) is 64.1 Å². The second kappa shape index (κ2) is 10.8. The number of rotatable bonds is 9. The molecule has 2 aromatic carbocycles. The Balaban J connectivity index is 1.40. The van der Waals surface area contributed by atoms with Crippen molar-refractivity contribution in [2.24, 2.45) is 0 Å². The first-order valence-electron chi connectivity index (χ1n) is 8.90. The fourth-order valence-corrected chi connectivity index (χ4v) is 4.87. The number of nitrogens with zero attached hydrogens (tertiary/aromatic N) is 2. The zero-order valence-electron chi connectivity index (χ0n) is 15.7. The highest BCUT2D eigenvalue weighted by atomic mass is 35.5. The van der Waals surface area contributed by atoms with E-state index in [1.807, 2.05) is 37.3 Å². The summed E-state index contributed by atoms with van der Waals surface area (Å²) in [6, 6.07) is 13.2. The Morgan fingerprint density at radius 3 is 2.59 bits per heavy atom. The lowest BCUT2D eigenvalue weighted by Crippen LogP contribution is -2.12. The minimum atomic E-state index is -0.112. The number of anilines is 1. The molecule has 0 radical (unpaired) electrons. The minimum Gasteiger partial charge on any atom is -0.494 e. The third-order valence-corrected chi connectivity index (χ3v) is 6.60. The third-order valence-electron chi connectivity index (χ3n) is 3.89. The Kier molecular flexibility index (Phi) is 8.18. The molecule has 1 heterocycles. The molecule has 0 unspecified atom stereocenters. The summed E-state index contributed by atoms with van der Waals surface area (Å²) in [4.78, 5) is 12.1. The zero-order valence-corrected chi connectivity index (χ0v) is 18.8. The number of nitrogens with one attached hydrogen (secondary N) is 1. The predicted molar refractivity (Wildman–Crippen MR) is 120 cm³/mol. The lowest BCUT2D eigenvalue weighted by molar-refractivity contribution is -0.116. The molecule has 152 valence electrons. The van der Waals surface area contributed by atoms with E-state index in [1.165, 1.54) is 28.7 Å². The van der Waals surface area contributed by atoms with Gasteiger partial charge in [-0.05, 0) is 43.2 Å². The van der Waals surface area contributed by atoms with Crippen molar-refractivity contribution < 1.29 is 9.53 Å². The van der Waals surface area contributed by atoms with Crippen LogP contribution in [0.5, 0.6) is 5.75 Å². The van der Waals surface area contributed by atoms with Crippen molar-refractivity contribution in [1.29, 1.82) is 0 Å². The van der Waals surface area contributed by atoms with E-state index in [1.54, 1.807) is 12.1 Å². The maximum Gasteiger partial charge on any atom is 0.226 e. The molecule has 29 heavy (non-hydrogen) atoms. The summed E-state index contributed by atoms with van der Waals surface area (Å²) < 4.78 is 6.36. The molecule has 0 aliphatic rings. The molecule has 0 bridgehead atoms. The number of carbonyl (C=O) groups is 1. The second-order valence-electron chi connectivity index (χ2n) is 6.18. The third kappa shape index (κ3) is 6.89. The van der Waals surface area contributed by atoms with Gasteiger partial charge in [-0.15, -0.1) is 10.2 Å². The number of carbonyl (C=O) groups excluding carboxylic acids is 1. The molecule has 0 atom stereocenters. The second-order valence-corrected chi connectivity index (χ2v) is 9.19. The van der Waals surface area contributed by atoms with E-state index in [0.717, 1.165) is 15.7 Å². The largest absolute Gasteiger partial charge is 0.494 e. The molecule has 3 rings (SSSR count). The van der Waals surface area contributed by atoms with Crippen LogP contribution in [-0.4, -0.2) is 22.7 Å². The predicted octanol–water partition coefficient (Wildman–Crippen LogP) is 6.24. The molecular formula is C20H19Cl2N3O2S2. The van der Waals surface area contributed by atoms with Gasteiger partial charge < -0.3 is 10.1 Å². The van der Waals surface area contributed by atoms with Gasteiger partial charge in [-0.25, -0.2) is 0 Å². The van der Waals surface area contributed by atoms with E-state index in [9.17, 15) is 4.79 Å². The first kappa shape index (κ1) is 21.9. The Bertz CT molecular complexity index is 944. The highest BCUT2D eigenvalue weighted by molar-refractivity contribution is 8.00. The number of thioether (sulfide) groups is 1. The first-order valence-corrected chi connectivity index (χ1v) is 11.5. The maximum absolute atomic E-state index is 12.1. The Morgan fingerprint density at radius 1 is 1.14 bits per heavy atom. The fourth-order valence-electron chi connectivity index (χ4n) is 2.36. The zero-order chi connectivity index (χ0) is 20.6. The van der Waals surface area contributed by atoms with Gasteiger partial charge in [0, 0.05) is 22.2 Å². The Morgan fingerprint density at radius 2 is 1.86 bits per heavy atom. The number of ether oxygens (including phenoxy) is 1. The van der Waals surface area contributed by atoms with E-state index >= 15 is 0 Å². The Labute approximate surface area is 187 Å². The van der Waals surface area contributed by atoms with Crippen molar-refractivity contribution in [3.8, 4) is 5.75 Å². The number of aryl methyl sites for hydroxylation is 1. The SMILES string of the molecule is Cc1ccc(OCCCC(=O)Nc2nnc(SCc3c(Cl)cccc3Cl)s2)cc1. The van der Waals surface area contributed by atoms with Crippen LogP contribution >= 0.6 is 46.3 Å². The summed E-state index contributed by atoms with van der Waals surface area (Å²) in [7, 11) is 0. The number of hydrogen-bond donors (Lipinski definition) is 1. The average Bonchev–Trinajstić information content (AvgIpc) is 3.13. The fraction of sp³-hybridized carbons (Fsp3) is 0.250. The molecule has 9 heteroatoms. The van der Waals surface area contributed by atoms with Crippen molar-refractivity contribution in [2.75, 3.05) is 11.9 Å². The summed E-state index contributed by atoms with van der Waals surface area (Å²) in [6.45, 7) is 2.50. The summed E-state index contributed by atoms with van der Waals surface area (Å²) in [5.41, 5.74) is 2.04. The summed E-state index contributed by atoms with van der Waals surface area (Å²) in [5, 5.41) is 12.6. The monoisotopic (exact) mass is 467 g/mol. The highest BCUT2D eigenvalue weighted by Crippen LogP contribution is 2.33. The molecule has 1 amide bonds. The lowest BCUT2D eigenvalue weighted by atomic mass is 10.2. The average molecular weight is 468 g/mol. The van der Waals surface area contributed by atoms with E-state index in [-0.39, 0.29) is 5.91 Å². The summed E-state index contributed by atoms with van der Waals surface area (Å²) in [6.07, 6.45) is 0.967. The van der Waals surface area contributed by atoms with Gasteiger partial charge in [-0.1, -0.05) is 70.1 Å². The van der Waals surface area contributed by atoms with Gasteiger partial charge in [0.2, 0.25) is 11.0 Å². The van der Waals surface area contributed by atoms with Gasteiger partial charge in [0.05, 0.1) is 6.61 Å². The van der Waals surface area contributed by atoms with E-state index in [0.29, 0.717) is 40.4 Å². The van der Waals surface area contributed by atoms with Crippen LogP contribution in [0.15, 0.2) is 46.8 Å². The molecule has 0 aliphatic heterocycles. The Hall–Kier alpha value is -1.80. The van der Waals surface area contributed by atoms with Crippen LogP contribution in [-0.2, 0) is 10.5 Å². The molecule has 5 nitrogen and oxygen atoms in total. The van der Waals surface area contributed by atoms with Crippen LogP contribution in [0.4, 0.5) is 5.13 Å². The number of benzene rings is 2. The van der Waals surface area contributed by atoms with Crippen molar-refractivity contribution in [2.45, 2.75) is 29.9 Å². The number of amides is 1. The van der Waals surface area contributed by atoms with Crippen LogP contribution < -0.4 is 10.1 Å². The number of hydrogen-bond acceptors (Lipinski definition) is 6. The van der Waals surface area contributed by atoms with Crippen LogP contribution in [0.1, 0.15) is 24.0 Å². The smallest absolute Gasteiger partial charge is 0.226 e. The molecule has 0 spiro atoms. The minimum absolute atomic E-state index is 0.112. The van der Waals surface area contributed by atoms with Gasteiger partial charge in [0.1, 0.15) is 5.75 Å². The summed E-state index contributed by atoms with van der Waals surface area (Å²) in [5.74, 6) is 1.28. The molecule has 1 N–H and O–H groups in total. The van der Waals surface area contributed by atoms with Crippen LogP contribution in [0.3, 0.4) is 0 Å².